The minimum Gasteiger partial charge on any atom is -0.374 e. The van der Waals surface area contributed by atoms with Crippen molar-refractivity contribution in [1.29, 1.82) is 0 Å². The lowest BCUT2D eigenvalue weighted by atomic mass is 9.72. The van der Waals surface area contributed by atoms with Crippen LogP contribution in [0.3, 0.4) is 0 Å². The number of amides is 2. The van der Waals surface area contributed by atoms with Gasteiger partial charge in [0, 0.05) is 24.9 Å². The number of nitrogens with two attached hydrogens (primary N) is 1. The molecule has 1 aliphatic carbocycles. The molecule has 3 atom stereocenters. The zero-order chi connectivity index (χ0) is 14.2. The molecule has 108 valence electrons. The molecular weight excluding hydrogens is 244 g/mol. The number of carbonyl (C=O) groups excluding carboxylic acids is 2. The quantitative estimate of drug-likeness (QED) is 0.804. The summed E-state index contributed by atoms with van der Waals surface area (Å²) in [6, 6.07) is 0. The van der Waals surface area contributed by atoms with Gasteiger partial charge < -0.3 is 15.4 Å². The van der Waals surface area contributed by atoms with Crippen LogP contribution in [0.1, 0.15) is 33.6 Å². The Balaban J connectivity index is 1.98. The Morgan fingerprint density at radius 2 is 1.84 bits per heavy atom. The summed E-state index contributed by atoms with van der Waals surface area (Å²) in [5, 5.41) is 0. The number of hydrogen-bond donors (Lipinski definition) is 1. The van der Waals surface area contributed by atoms with E-state index < -0.39 is 0 Å². The standard InChI is InChI=1S/C14H24N2O3/c1-14(2,3)11-8-16(6-7-19-11)13(18)10-5-4-9(10)12(15)17/h9-11H,4-8H2,1-3H3,(H2,15,17). The summed E-state index contributed by atoms with van der Waals surface area (Å²) in [5.74, 6) is -0.725. The summed E-state index contributed by atoms with van der Waals surface area (Å²) in [6.45, 7) is 8.14. The molecule has 0 aromatic heterocycles. The van der Waals surface area contributed by atoms with Crippen molar-refractivity contribution in [2.75, 3.05) is 19.7 Å². The second-order valence-electron chi connectivity index (χ2n) is 6.70. The van der Waals surface area contributed by atoms with E-state index in [4.69, 9.17) is 10.5 Å². The number of primary amides is 1. The molecule has 0 aromatic rings. The van der Waals surface area contributed by atoms with Crippen molar-refractivity contribution in [3.05, 3.63) is 0 Å². The van der Waals surface area contributed by atoms with Crippen LogP contribution in [-0.2, 0) is 14.3 Å². The Labute approximate surface area is 114 Å². The lowest BCUT2D eigenvalue weighted by Crippen LogP contribution is -2.54. The van der Waals surface area contributed by atoms with Crippen LogP contribution in [-0.4, -0.2) is 42.5 Å². The van der Waals surface area contributed by atoms with E-state index >= 15 is 0 Å². The molecule has 5 heteroatoms. The first-order valence-corrected chi connectivity index (χ1v) is 7.00. The maximum Gasteiger partial charge on any atom is 0.226 e. The maximum atomic E-state index is 12.4. The fraction of sp³-hybridized carbons (Fsp3) is 0.857. The molecule has 19 heavy (non-hydrogen) atoms. The first-order valence-electron chi connectivity index (χ1n) is 7.00. The van der Waals surface area contributed by atoms with Gasteiger partial charge in [0.05, 0.1) is 12.7 Å². The van der Waals surface area contributed by atoms with Gasteiger partial charge >= 0.3 is 0 Å². The molecule has 0 aromatic carbocycles. The molecule has 0 spiro atoms. The zero-order valence-corrected chi connectivity index (χ0v) is 12.0. The molecule has 2 N–H and O–H groups in total. The Kier molecular flexibility index (Phi) is 3.85. The average molecular weight is 268 g/mol. The van der Waals surface area contributed by atoms with Crippen LogP contribution in [0.25, 0.3) is 0 Å². The van der Waals surface area contributed by atoms with Crippen LogP contribution in [0.5, 0.6) is 0 Å². The Morgan fingerprint density at radius 1 is 1.21 bits per heavy atom. The smallest absolute Gasteiger partial charge is 0.226 e. The summed E-state index contributed by atoms with van der Waals surface area (Å²) in [6.07, 6.45) is 1.58. The van der Waals surface area contributed by atoms with Gasteiger partial charge in [0.25, 0.3) is 0 Å². The molecule has 1 heterocycles. The second-order valence-corrected chi connectivity index (χ2v) is 6.70. The Morgan fingerprint density at radius 3 is 2.32 bits per heavy atom. The Hall–Kier alpha value is -1.10. The van der Waals surface area contributed by atoms with Gasteiger partial charge in [0.15, 0.2) is 0 Å². The molecule has 1 aliphatic heterocycles. The lowest BCUT2D eigenvalue weighted by molar-refractivity contribution is -0.156. The second kappa shape index (κ2) is 5.12. The number of carbonyl (C=O) groups is 2. The van der Waals surface area contributed by atoms with Gasteiger partial charge in [0.1, 0.15) is 0 Å². The van der Waals surface area contributed by atoms with Gasteiger partial charge in [-0.15, -0.1) is 0 Å². The molecule has 1 saturated carbocycles. The van der Waals surface area contributed by atoms with Gasteiger partial charge in [-0.2, -0.15) is 0 Å². The summed E-state index contributed by atoms with van der Waals surface area (Å²) >= 11 is 0. The van der Waals surface area contributed by atoms with Gasteiger partial charge in [-0.05, 0) is 18.3 Å². The van der Waals surface area contributed by atoms with E-state index in [0.29, 0.717) is 19.7 Å². The predicted octanol–water partition coefficient (Wildman–Crippen LogP) is 0.771. The molecule has 2 rings (SSSR count). The Bertz CT molecular complexity index is 375. The summed E-state index contributed by atoms with van der Waals surface area (Å²) in [7, 11) is 0. The fourth-order valence-corrected chi connectivity index (χ4v) is 2.74. The zero-order valence-electron chi connectivity index (χ0n) is 12.0. The summed E-state index contributed by atoms with van der Waals surface area (Å²) < 4.78 is 5.74. The van der Waals surface area contributed by atoms with Gasteiger partial charge in [0.2, 0.25) is 11.8 Å². The minimum atomic E-state index is -0.342. The van der Waals surface area contributed by atoms with E-state index in [2.05, 4.69) is 20.8 Å². The fourth-order valence-electron chi connectivity index (χ4n) is 2.74. The third kappa shape index (κ3) is 2.91. The van der Waals surface area contributed by atoms with Crippen molar-refractivity contribution in [2.45, 2.75) is 39.7 Å². The molecule has 0 radical (unpaired) electrons. The van der Waals surface area contributed by atoms with Gasteiger partial charge in [-0.25, -0.2) is 0 Å². The average Bonchev–Trinajstić information content (AvgIpc) is 2.25. The first kappa shape index (κ1) is 14.3. The molecule has 2 aliphatic rings. The van der Waals surface area contributed by atoms with Crippen molar-refractivity contribution in [3.63, 3.8) is 0 Å². The van der Waals surface area contributed by atoms with Crippen molar-refractivity contribution >= 4 is 11.8 Å². The number of nitrogens with zero attached hydrogens (tertiary/aromatic N) is 1. The van der Waals surface area contributed by atoms with Crippen LogP contribution in [0, 0.1) is 17.3 Å². The maximum absolute atomic E-state index is 12.4. The number of ether oxygens (including phenoxy) is 1. The third-order valence-electron chi connectivity index (χ3n) is 4.30. The summed E-state index contributed by atoms with van der Waals surface area (Å²) in [5.41, 5.74) is 5.33. The van der Waals surface area contributed by atoms with Crippen LogP contribution >= 0.6 is 0 Å². The van der Waals surface area contributed by atoms with Crippen molar-refractivity contribution in [2.24, 2.45) is 23.0 Å². The molecule has 5 nitrogen and oxygen atoms in total. The topological polar surface area (TPSA) is 72.6 Å². The highest BCUT2D eigenvalue weighted by Crippen LogP contribution is 2.36. The largest absolute Gasteiger partial charge is 0.374 e. The predicted molar refractivity (Wildman–Crippen MR) is 71.2 cm³/mol. The number of morpholine rings is 1. The molecule has 2 amide bonds. The van der Waals surface area contributed by atoms with Gasteiger partial charge in [-0.3, -0.25) is 9.59 Å². The minimum absolute atomic E-state index is 0.0155. The van der Waals surface area contributed by atoms with E-state index in [-0.39, 0.29) is 35.2 Å². The molecule has 2 fully saturated rings. The molecular formula is C14H24N2O3. The molecule has 3 unspecified atom stereocenters. The van der Waals surface area contributed by atoms with Crippen LogP contribution in [0.15, 0.2) is 0 Å². The van der Waals surface area contributed by atoms with E-state index in [0.717, 1.165) is 12.8 Å². The highest BCUT2D eigenvalue weighted by atomic mass is 16.5. The normalized spacial score (nSPS) is 31.7. The summed E-state index contributed by atoms with van der Waals surface area (Å²) in [4.78, 5) is 25.5. The van der Waals surface area contributed by atoms with E-state index in [1.807, 2.05) is 4.90 Å². The van der Waals surface area contributed by atoms with E-state index in [1.165, 1.54) is 0 Å². The number of hydrogen-bond acceptors (Lipinski definition) is 3. The first-order chi connectivity index (χ1) is 8.80. The van der Waals surface area contributed by atoms with Crippen LogP contribution < -0.4 is 5.73 Å². The highest BCUT2D eigenvalue weighted by Gasteiger charge is 2.43. The molecule has 1 saturated heterocycles. The monoisotopic (exact) mass is 268 g/mol. The van der Waals surface area contributed by atoms with Crippen LogP contribution in [0.4, 0.5) is 0 Å². The highest BCUT2D eigenvalue weighted by molar-refractivity contribution is 5.88. The van der Waals surface area contributed by atoms with E-state index in [1.54, 1.807) is 0 Å². The number of rotatable bonds is 2. The van der Waals surface area contributed by atoms with E-state index in [9.17, 15) is 9.59 Å². The lowest BCUT2D eigenvalue weighted by Gasteiger charge is -2.43. The SMILES string of the molecule is CC(C)(C)C1CN(C(=O)C2CCC2C(N)=O)CCO1. The van der Waals surface area contributed by atoms with Crippen molar-refractivity contribution in [1.82, 2.24) is 4.90 Å². The molecule has 0 bridgehead atoms. The van der Waals surface area contributed by atoms with Crippen molar-refractivity contribution < 1.29 is 14.3 Å². The third-order valence-corrected chi connectivity index (χ3v) is 4.30. The van der Waals surface area contributed by atoms with Gasteiger partial charge in [-0.1, -0.05) is 20.8 Å². The van der Waals surface area contributed by atoms with Crippen molar-refractivity contribution in [3.8, 4) is 0 Å². The van der Waals surface area contributed by atoms with Crippen LogP contribution in [0.2, 0.25) is 0 Å².